The molecule has 1 atom stereocenters. The predicted octanol–water partition coefficient (Wildman–Crippen LogP) is 1.97. The van der Waals surface area contributed by atoms with Crippen LogP contribution in [0.25, 0.3) is 0 Å². The zero-order valence-electron chi connectivity index (χ0n) is 11.9. The van der Waals surface area contributed by atoms with Gasteiger partial charge >= 0.3 is 0 Å². The first-order valence-corrected chi connectivity index (χ1v) is 7.61. The van der Waals surface area contributed by atoms with Crippen LogP contribution in [0.3, 0.4) is 0 Å². The minimum absolute atomic E-state index is 0.00704. The van der Waals surface area contributed by atoms with Gasteiger partial charge in [0.25, 0.3) is 0 Å². The molecule has 4 nitrogen and oxygen atoms in total. The van der Waals surface area contributed by atoms with Gasteiger partial charge in [0.05, 0.1) is 11.3 Å². The number of carbonyl (C=O) groups excluding carboxylic acids is 2. The molecule has 0 aromatic carbocycles. The number of nitrogens with one attached hydrogen (secondary N) is 1. The van der Waals surface area contributed by atoms with E-state index in [9.17, 15) is 9.59 Å². The van der Waals surface area contributed by atoms with Crippen molar-refractivity contribution in [1.82, 2.24) is 5.32 Å². The zero-order valence-corrected chi connectivity index (χ0v) is 11.9. The lowest BCUT2D eigenvalue weighted by molar-refractivity contribution is -0.144. The number of primary amides is 1. The molecule has 0 heterocycles. The smallest absolute Gasteiger partial charge is 0.224 e. The first kappa shape index (κ1) is 14.4. The summed E-state index contributed by atoms with van der Waals surface area (Å²) in [4.78, 5) is 24.3. The highest BCUT2D eigenvalue weighted by Gasteiger charge is 2.48. The van der Waals surface area contributed by atoms with E-state index in [0.29, 0.717) is 5.92 Å². The average molecular weight is 266 g/mol. The molecule has 0 bridgehead atoms. The fourth-order valence-corrected chi connectivity index (χ4v) is 3.77. The third-order valence-corrected chi connectivity index (χ3v) is 5.26. The predicted molar refractivity (Wildman–Crippen MR) is 74.2 cm³/mol. The molecule has 2 aliphatic carbocycles. The van der Waals surface area contributed by atoms with E-state index in [4.69, 9.17) is 5.73 Å². The van der Waals surface area contributed by atoms with Gasteiger partial charge in [-0.05, 0) is 25.2 Å². The van der Waals surface area contributed by atoms with Crippen LogP contribution >= 0.6 is 0 Å². The monoisotopic (exact) mass is 266 g/mol. The van der Waals surface area contributed by atoms with Crippen molar-refractivity contribution in [2.75, 3.05) is 7.05 Å². The molecule has 0 aromatic heterocycles. The van der Waals surface area contributed by atoms with Gasteiger partial charge < -0.3 is 11.1 Å². The Morgan fingerprint density at radius 2 is 1.84 bits per heavy atom. The van der Waals surface area contributed by atoms with Crippen LogP contribution in [0.2, 0.25) is 0 Å². The third-order valence-electron chi connectivity index (χ3n) is 5.26. The second kappa shape index (κ2) is 5.93. The number of carbonyl (C=O) groups is 2. The van der Waals surface area contributed by atoms with Crippen molar-refractivity contribution >= 4 is 11.8 Å². The van der Waals surface area contributed by atoms with Gasteiger partial charge in [0.1, 0.15) is 0 Å². The van der Waals surface area contributed by atoms with E-state index in [0.717, 1.165) is 38.5 Å². The van der Waals surface area contributed by atoms with Crippen molar-refractivity contribution in [3.63, 3.8) is 0 Å². The normalized spacial score (nSPS) is 24.3. The highest BCUT2D eigenvalue weighted by Crippen LogP contribution is 2.47. The molecule has 0 aromatic rings. The van der Waals surface area contributed by atoms with Gasteiger partial charge in [-0.3, -0.25) is 9.59 Å². The molecule has 108 valence electrons. The summed E-state index contributed by atoms with van der Waals surface area (Å²) in [6, 6.07) is 0. The molecule has 4 heteroatoms. The Bertz CT molecular complexity index is 344. The summed E-state index contributed by atoms with van der Waals surface area (Å²) >= 11 is 0. The summed E-state index contributed by atoms with van der Waals surface area (Å²) in [5, 5.41) is 2.75. The van der Waals surface area contributed by atoms with Gasteiger partial charge in [0.15, 0.2) is 0 Å². The van der Waals surface area contributed by atoms with E-state index in [-0.39, 0.29) is 17.7 Å². The molecule has 2 saturated carbocycles. The Morgan fingerprint density at radius 1 is 1.21 bits per heavy atom. The molecule has 0 saturated heterocycles. The summed E-state index contributed by atoms with van der Waals surface area (Å²) in [5.41, 5.74) is 5.12. The molecule has 1 unspecified atom stereocenters. The van der Waals surface area contributed by atoms with Crippen LogP contribution in [0.15, 0.2) is 0 Å². The molecule has 2 rings (SSSR count). The lowest BCUT2D eigenvalue weighted by Gasteiger charge is -2.42. The molecular formula is C15H26N2O2. The molecule has 3 N–H and O–H groups in total. The number of nitrogens with two attached hydrogens (primary N) is 1. The lowest BCUT2D eigenvalue weighted by atomic mass is 9.61. The molecular weight excluding hydrogens is 240 g/mol. The second-order valence-corrected chi connectivity index (χ2v) is 6.28. The fourth-order valence-electron chi connectivity index (χ4n) is 3.77. The maximum absolute atomic E-state index is 12.3. The van der Waals surface area contributed by atoms with Gasteiger partial charge in [-0.1, -0.05) is 38.5 Å². The first-order chi connectivity index (χ1) is 9.10. The average Bonchev–Trinajstić information content (AvgIpc) is 2.37. The third kappa shape index (κ3) is 2.77. The zero-order chi connectivity index (χ0) is 13.9. The van der Waals surface area contributed by atoms with E-state index in [1.807, 2.05) is 0 Å². The number of hydrogen-bond donors (Lipinski definition) is 2. The summed E-state index contributed by atoms with van der Waals surface area (Å²) < 4.78 is 0. The quantitative estimate of drug-likeness (QED) is 0.798. The summed E-state index contributed by atoms with van der Waals surface area (Å²) in [7, 11) is 1.66. The lowest BCUT2D eigenvalue weighted by Crippen LogP contribution is -2.51. The van der Waals surface area contributed by atoms with Crippen LogP contribution in [-0.2, 0) is 9.59 Å². The largest absolute Gasteiger partial charge is 0.369 e. The Labute approximate surface area is 115 Å². The molecule has 0 radical (unpaired) electrons. The number of amides is 2. The molecule has 2 fully saturated rings. The summed E-state index contributed by atoms with van der Waals surface area (Å²) in [5.74, 6) is 0.133. The van der Waals surface area contributed by atoms with Gasteiger partial charge in [0.2, 0.25) is 11.8 Å². The van der Waals surface area contributed by atoms with Gasteiger partial charge in [0, 0.05) is 7.05 Å². The van der Waals surface area contributed by atoms with Crippen LogP contribution in [0.4, 0.5) is 0 Å². The van der Waals surface area contributed by atoms with Gasteiger partial charge in [-0.15, -0.1) is 0 Å². The highest BCUT2D eigenvalue weighted by atomic mass is 16.2. The Morgan fingerprint density at radius 3 is 2.26 bits per heavy atom. The first-order valence-electron chi connectivity index (χ1n) is 7.61. The molecule has 2 amide bonds. The summed E-state index contributed by atoms with van der Waals surface area (Å²) in [6.45, 7) is 0. The van der Waals surface area contributed by atoms with Crippen LogP contribution in [0, 0.1) is 17.3 Å². The van der Waals surface area contributed by atoms with E-state index in [1.54, 1.807) is 7.05 Å². The van der Waals surface area contributed by atoms with E-state index >= 15 is 0 Å². The van der Waals surface area contributed by atoms with E-state index in [1.165, 1.54) is 19.3 Å². The summed E-state index contributed by atoms with van der Waals surface area (Å²) in [6.07, 6.45) is 9.24. The van der Waals surface area contributed by atoms with Crippen molar-refractivity contribution in [2.24, 2.45) is 23.0 Å². The van der Waals surface area contributed by atoms with Crippen LogP contribution in [-0.4, -0.2) is 18.9 Å². The number of rotatable bonds is 5. The second-order valence-electron chi connectivity index (χ2n) is 6.28. The Balaban J connectivity index is 2.20. The minimum atomic E-state index is -0.589. The maximum Gasteiger partial charge on any atom is 0.224 e. The van der Waals surface area contributed by atoms with Crippen molar-refractivity contribution in [2.45, 2.75) is 57.8 Å². The highest BCUT2D eigenvalue weighted by molar-refractivity contribution is 5.89. The van der Waals surface area contributed by atoms with Crippen molar-refractivity contribution < 1.29 is 9.59 Å². The van der Waals surface area contributed by atoms with Crippen molar-refractivity contribution in [1.29, 1.82) is 0 Å². The van der Waals surface area contributed by atoms with Crippen LogP contribution < -0.4 is 11.1 Å². The number of hydrogen-bond acceptors (Lipinski definition) is 2. The van der Waals surface area contributed by atoms with Gasteiger partial charge in [-0.25, -0.2) is 0 Å². The van der Waals surface area contributed by atoms with Crippen LogP contribution in [0.5, 0.6) is 0 Å². The maximum atomic E-state index is 12.3. The molecule has 0 aliphatic heterocycles. The van der Waals surface area contributed by atoms with Crippen molar-refractivity contribution in [3.8, 4) is 0 Å². The Kier molecular flexibility index (Phi) is 4.48. The van der Waals surface area contributed by atoms with E-state index in [2.05, 4.69) is 5.32 Å². The topological polar surface area (TPSA) is 72.2 Å². The minimum Gasteiger partial charge on any atom is -0.369 e. The molecule has 2 aliphatic rings. The molecule has 0 spiro atoms. The fraction of sp³-hybridized carbons (Fsp3) is 0.867. The SMILES string of the molecule is CNC(=O)C(CC1CCC1)C1(C(N)=O)CCCCC1. The standard InChI is InChI=1S/C15H26N2O2/c1-17-13(18)12(10-11-6-5-7-11)15(14(16)19)8-3-2-4-9-15/h11-12H,2-10H2,1H3,(H2,16,19)(H,17,18). The van der Waals surface area contributed by atoms with Crippen molar-refractivity contribution in [3.05, 3.63) is 0 Å². The van der Waals surface area contributed by atoms with Crippen LogP contribution in [0.1, 0.15) is 57.8 Å². The van der Waals surface area contributed by atoms with E-state index < -0.39 is 5.41 Å². The Hall–Kier alpha value is -1.06. The van der Waals surface area contributed by atoms with Gasteiger partial charge in [-0.2, -0.15) is 0 Å². The molecule has 19 heavy (non-hydrogen) atoms.